The number of alkyl halides is 2. The maximum absolute atomic E-state index is 13.5. The van der Waals surface area contributed by atoms with Crippen molar-refractivity contribution >= 4 is 6.03 Å². The summed E-state index contributed by atoms with van der Waals surface area (Å²) in [6, 6.07) is 7.78. The fourth-order valence-corrected chi connectivity index (χ4v) is 2.26. The van der Waals surface area contributed by atoms with Gasteiger partial charge in [-0.2, -0.15) is 0 Å². The first kappa shape index (κ1) is 13.8. The van der Waals surface area contributed by atoms with Crippen LogP contribution in [0.1, 0.15) is 31.2 Å². The minimum Gasteiger partial charge on any atom is -0.334 e. The number of halogens is 2. The van der Waals surface area contributed by atoms with Gasteiger partial charge in [-0.15, -0.1) is 0 Å². The van der Waals surface area contributed by atoms with E-state index in [1.807, 2.05) is 30.3 Å². The van der Waals surface area contributed by atoms with E-state index >= 15 is 0 Å². The summed E-state index contributed by atoms with van der Waals surface area (Å²) in [4.78, 5) is 11.6. The minimum absolute atomic E-state index is 0.142. The molecular formula is C14H18F2N2O. The molecule has 2 amide bonds. The zero-order chi connectivity index (χ0) is 13.7. The van der Waals surface area contributed by atoms with Gasteiger partial charge in [-0.25, -0.2) is 13.6 Å². The van der Waals surface area contributed by atoms with E-state index in [0.29, 0.717) is 19.4 Å². The molecule has 1 aromatic carbocycles. The molecule has 3 nitrogen and oxygen atoms in total. The molecule has 1 aliphatic carbocycles. The summed E-state index contributed by atoms with van der Waals surface area (Å²) in [5.74, 6) is -2.79. The van der Waals surface area contributed by atoms with Crippen molar-refractivity contribution in [3.63, 3.8) is 0 Å². The fraction of sp³-hybridized carbons (Fsp3) is 0.500. The van der Waals surface area contributed by atoms with E-state index in [1.165, 1.54) is 0 Å². The van der Waals surface area contributed by atoms with Crippen molar-refractivity contribution in [3.8, 4) is 0 Å². The van der Waals surface area contributed by atoms with Crippen molar-refractivity contribution in [3.05, 3.63) is 35.9 Å². The zero-order valence-corrected chi connectivity index (χ0v) is 10.7. The molecule has 1 atom stereocenters. The number of nitrogens with one attached hydrogen (secondary N) is 2. The molecule has 1 unspecified atom stereocenters. The van der Waals surface area contributed by atoms with Crippen LogP contribution in [0.15, 0.2) is 30.3 Å². The largest absolute Gasteiger partial charge is 0.334 e. The number of carbonyl (C=O) groups excluding carboxylic acids is 1. The summed E-state index contributed by atoms with van der Waals surface area (Å²) < 4.78 is 27.1. The summed E-state index contributed by atoms with van der Waals surface area (Å²) in [6.45, 7) is 0.338. The molecular weight excluding hydrogens is 250 g/mol. The highest BCUT2D eigenvalue weighted by atomic mass is 19.3. The number of carbonyl (C=O) groups is 1. The molecule has 1 aliphatic rings. The van der Waals surface area contributed by atoms with Crippen LogP contribution < -0.4 is 10.6 Å². The molecule has 1 fully saturated rings. The predicted molar refractivity (Wildman–Crippen MR) is 69.0 cm³/mol. The van der Waals surface area contributed by atoms with Crippen LogP contribution in [0.4, 0.5) is 13.6 Å². The monoisotopic (exact) mass is 268 g/mol. The van der Waals surface area contributed by atoms with Gasteiger partial charge in [0.05, 0.1) is 6.04 Å². The molecule has 0 spiro atoms. The summed E-state index contributed by atoms with van der Waals surface area (Å²) >= 11 is 0. The third kappa shape index (κ3) is 3.91. The molecule has 5 heteroatoms. The highest BCUT2D eigenvalue weighted by molar-refractivity contribution is 5.74. The van der Waals surface area contributed by atoms with E-state index in [9.17, 15) is 13.6 Å². The van der Waals surface area contributed by atoms with Crippen LogP contribution >= 0.6 is 0 Å². The Morgan fingerprint density at radius 3 is 2.68 bits per heavy atom. The highest BCUT2D eigenvalue weighted by Gasteiger charge is 2.42. The Morgan fingerprint density at radius 2 is 2.00 bits per heavy atom. The third-order valence-electron chi connectivity index (χ3n) is 3.36. The Bertz CT molecular complexity index is 423. The van der Waals surface area contributed by atoms with Crippen molar-refractivity contribution < 1.29 is 13.6 Å². The molecule has 19 heavy (non-hydrogen) atoms. The molecule has 0 saturated heterocycles. The van der Waals surface area contributed by atoms with E-state index < -0.39 is 18.0 Å². The van der Waals surface area contributed by atoms with Gasteiger partial charge in [0.1, 0.15) is 0 Å². The van der Waals surface area contributed by atoms with Gasteiger partial charge in [0.2, 0.25) is 0 Å². The topological polar surface area (TPSA) is 41.1 Å². The lowest BCUT2D eigenvalue weighted by Gasteiger charge is -2.31. The first-order chi connectivity index (χ1) is 9.08. The zero-order valence-electron chi connectivity index (χ0n) is 10.7. The number of urea groups is 1. The van der Waals surface area contributed by atoms with Crippen molar-refractivity contribution in [1.82, 2.24) is 10.6 Å². The van der Waals surface area contributed by atoms with Crippen molar-refractivity contribution in [2.45, 2.75) is 44.2 Å². The maximum atomic E-state index is 13.5. The number of hydrogen-bond donors (Lipinski definition) is 2. The van der Waals surface area contributed by atoms with Crippen LogP contribution in [-0.2, 0) is 6.54 Å². The molecule has 0 heterocycles. The quantitative estimate of drug-likeness (QED) is 0.869. The Kier molecular flexibility index (Phi) is 4.35. The van der Waals surface area contributed by atoms with Crippen LogP contribution in [0.2, 0.25) is 0 Å². The van der Waals surface area contributed by atoms with Gasteiger partial charge in [0.25, 0.3) is 5.92 Å². The molecule has 0 bridgehead atoms. The summed E-state index contributed by atoms with van der Waals surface area (Å²) in [5, 5.41) is 4.98. The van der Waals surface area contributed by atoms with Gasteiger partial charge in [-0.1, -0.05) is 36.8 Å². The second kappa shape index (κ2) is 5.99. The maximum Gasteiger partial charge on any atom is 0.315 e. The van der Waals surface area contributed by atoms with Gasteiger partial charge in [0, 0.05) is 13.0 Å². The normalized spacial score (nSPS) is 21.7. The second-order valence-corrected chi connectivity index (χ2v) is 4.87. The molecule has 0 aromatic heterocycles. The van der Waals surface area contributed by atoms with Crippen LogP contribution in [-0.4, -0.2) is 18.0 Å². The lowest BCUT2D eigenvalue weighted by Crippen LogP contribution is -2.52. The lowest BCUT2D eigenvalue weighted by atomic mass is 9.92. The van der Waals surface area contributed by atoms with E-state index in [0.717, 1.165) is 12.0 Å². The molecule has 2 N–H and O–H groups in total. The van der Waals surface area contributed by atoms with E-state index in [2.05, 4.69) is 10.6 Å². The molecule has 2 rings (SSSR count). The Balaban J connectivity index is 1.81. The predicted octanol–water partition coefficient (Wildman–Crippen LogP) is 3.06. The molecule has 0 radical (unpaired) electrons. The van der Waals surface area contributed by atoms with Crippen LogP contribution in [0.5, 0.6) is 0 Å². The third-order valence-corrected chi connectivity index (χ3v) is 3.36. The Morgan fingerprint density at radius 1 is 1.26 bits per heavy atom. The van der Waals surface area contributed by atoms with E-state index in [-0.39, 0.29) is 6.42 Å². The molecule has 1 aromatic rings. The number of benzene rings is 1. The number of amides is 2. The van der Waals surface area contributed by atoms with Crippen LogP contribution in [0, 0.1) is 0 Å². The van der Waals surface area contributed by atoms with Gasteiger partial charge >= 0.3 is 6.03 Å². The van der Waals surface area contributed by atoms with E-state index in [1.54, 1.807) is 0 Å². The number of rotatable bonds is 3. The summed E-state index contributed by atoms with van der Waals surface area (Å²) in [7, 11) is 0. The summed E-state index contributed by atoms with van der Waals surface area (Å²) in [6.07, 6.45) is 1.46. The highest BCUT2D eigenvalue weighted by Crippen LogP contribution is 2.33. The Hall–Kier alpha value is -1.65. The van der Waals surface area contributed by atoms with Gasteiger partial charge in [-0.3, -0.25) is 0 Å². The second-order valence-electron chi connectivity index (χ2n) is 4.87. The van der Waals surface area contributed by atoms with Crippen LogP contribution in [0.25, 0.3) is 0 Å². The lowest BCUT2D eigenvalue weighted by molar-refractivity contribution is -0.0597. The Labute approximate surface area is 111 Å². The number of hydrogen-bond acceptors (Lipinski definition) is 1. The first-order valence-electron chi connectivity index (χ1n) is 6.54. The van der Waals surface area contributed by atoms with Crippen LogP contribution in [0.3, 0.4) is 0 Å². The average Bonchev–Trinajstić information content (AvgIpc) is 2.40. The van der Waals surface area contributed by atoms with Crippen molar-refractivity contribution in [2.24, 2.45) is 0 Å². The van der Waals surface area contributed by atoms with Crippen molar-refractivity contribution in [2.75, 3.05) is 0 Å². The summed E-state index contributed by atoms with van der Waals surface area (Å²) in [5.41, 5.74) is 0.938. The average molecular weight is 268 g/mol. The molecule has 1 saturated carbocycles. The van der Waals surface area contributed by atoms with Crippen molar-refractivity contribution in [1.29, 1.82) is 0 Å². The SMILES string of the molecule is O=C(NCc1ccccc1)NC1CCCCC1(F)F. The van der Waals surface area contributed by atoms with E-state index in [4.69, 9.17) is 0 Å². The fourth-order valence-electron chi connectivity index (χ4n) is 2.26. The van der Waals surface area contributed by atoms with Gasteiger partial charge < -0.3 is 10.6 Å². The van der Waals surface area contributed by atoms with Gasteiger partial charge in [0.15, 0.2) is 0 Å². The smallest absolute Gasteiger partial charge is 0.315 e. The molecule has 0 aliphatic heterocycles. The molecule has 104 valence electrons. The van der Waals surface area contributed by atoms with Gasteiger partial charge in [-0.05, 0) is 18.4 Å². The first-order valence-corrected chi connectivity index (χ1v) is 6.54. The standard InChI is InChI=1S/C14H18F2N2O/c15-14(16)9-5-4-8-12(14)18-13(19)17-10-11-6-2-1-3-7-11/h1-3,6-7,12H,4-5,8-10H2,(H2,17,18,19). The minimum atomic E-state index is -2.79.